The first-order chi connectivity index (χ1) is 7.15. The molecule has 0 spiro atoms. The summed E-state index contributed by atoms with van der Waals surface area (Å²) in [4.78, 5) is 22.3. The van der Waals surface area contributed by atoms with Gasteiger partial charge in [0.15, 0.2) is 0 Å². The van der Waals surface area contributed by atoms with Crippen molar-refractivity contribution < 1.29 is 14.7 Å². The Morgan fingerprint density at radius 3 is 2.73 bits per heavy atom. The van der Waals surface area contributed by atoms with Crippen molar-refractivity contribution in [2.24, 2.45) is 5.92 Å². The molecule has 2 atom stereocenters. The van der Waals surface area contributed by atoms with Gasteiger partial charge in [-0.25, -0.2) is 0 Å². The third kappa shape index (κ3) is 3.53. The van der Waals surface area contributed by atoms with Crippen molar-refractivity contribution in [3.05, 3.63) is 0 Å². The maximum absolute atomic E-state index is 11.4. The molecule has 4 nitrogen and oxygen atoms in total. The van der Waals surface area contributed by atoms with E-state index in [-0.39, 0.29) is 17.9 Å². The Balaban J connectivity index is 2.36. The Hall–Kier alpha value is -1.06. The van der Waals surface area contributed by atoms with Crippen LogP contribution in [0.25, 0.3) is 0 Å². The van der Waals surface area contributed by atoms with Gasteiger partial charge in [0, 0.05) is 12.5 Å². The topological polar surface area (TPSA) is 66.4 Å². The van der Waals surface area contributed by atoms with E-state index in [1.165, 1.54) is 0 Å². The molecule has 86 valence electrons. The lowest BCUT2D eigenvalue weighted by Crippen LogP contribution is -2.40. The van der Waals surface area contributed by atoms with Crippen LogP contribution in [0.15, 0.2) is 0 Å². The number of hydrogen-bond donors (Lipinski definition) is 2. The standard InChI is InChI=1S/C11H19NO3/c1-2-3-7-10(13)12-9-6-4-5-8(9)11(14)15/h8-9H,2-7H2,1H3,(H,12,13)(H,14,15)/t8-,9+/m0/s1. The van der Waals surface area contributed by atoms with Gasteiger partial charge in [0.05, 0.1) is 5.92 Å². The van der Waals surface area contributed by atoms with Crippen molar-refractivity contribution in [2.75, 3.05) is 0 Å². The summed E-state index contributed by atoms with van der Waals surface area (Å²) in [7, 11) is 0. The quantitative estimate of drug-likeness (QED) is 0.728. The minimum atomic E-state index is -0.784. The van der Waals surface area contributed by atoms with Gasteiger partial charge in [-0.05, 0) is 19.3 Å². The lowest BCUT2D eigenvalue weighted by Gasteiger charge is -2.17. The number of nitrogens with one attached hydrogen (secondary N) is 1. The predicted octanol–water partition coefficient (Wildman–Crippen LogP) is 1.55. The van der Waals surface area contributed by atoms with Crippen LogP contribution in [-0.2, 0) is 9.59 Å². The maximum Gasteiger partial charge on any atom is 0.308 e. The van der Waals surface area contributed by atoms with Gasteiger partial charge in [-0.15, -0.1) is 0 Å². The van der Waals surface area contributed by atoms with Gasteiger partial charge in [-0.3, -0.25) is 9.59 Å². The number of hydrogen-bond acceptors (Lipinski definition) is 2. The molecule has 1 aliphatic carbocycles. The Morgan fingerprint density at radius 1 is 1.40 bits per heavy atom. The second kappa shape index (κ2) is 5.73. The largest absolute Gasteiger partial charge is 0.481 e. The van der Waals surface area contributed by atoms with Gasteiger partial charge in [0.25, 0.3) is 0 Å². The Bertz CT molecular complexity index is 240. The van der Waals surface area contributed by atoms with Crippen molar-refractivity contribution in [2.45, 2.75) is 51.5 Å². The molecule has 0 saturated heterocycles. The van der Waals surface area contributed by atoms with E-state index in [1.54, 1.807) is 0 Å². The summed E-state index contributed by atoms with van der Waals surface area (Å²) in [5, 5.41) is 11.7. The van der Waals surface area contributed by atoms with Gasteiger partial charge in [0.2, 0.25) is 5.91 Å². The second-order valence-corrected chi connectivity index (χ2v) is 4.15. The molecule has 0 aromatic carbocycles. The number of unbranched alkanes of at least 4 members (excludes halogenated alkanes) is 1. The van der Waals surface area contributed by atoms with Crippen LogP contribution in [0.3, 0.4) is 0 Å². The number of carboxylic acid groups (broad SMARTS) is 1. The molecule has 1 aliphatic rings. The molecular weight excluding hydrogens is 194 g/mol. The van der Waals surface area contributed by atoms with E-state index in [9.17, 15) is 9.59 Å². The fourth-order valence-electron chi connectivity index (χ4n) is 2.04. The fraction of sp³-hybridized carbons (Fsp3) is 0.818. The summed E-state index contributed by atoms with van der Waals surface area (Å²) in [5.74, 6) is -1.17. The first kappa shape index (κ1) is 12.0. The van der Waals surface area contributed by atoms with E-state index in [2.05, 4.69) is 5.32 Å². The fourth-order valence-corrected chi connectivity index (χ4v) is 2.04. The van der Waals surface area contributed by atoms with E-state index in [4.69, 9.17) is 5.11 Å². The minimum absolute atomic E-state index is 0.00463. The average molecular weight is 213 g/mol. The van der Waals surface area contributed by atoms with Crippen molar-refractivity contribution in [3.63, 3.8) is 0 Å². The Labute approximate surface area is 90.0 Å². The van der Waals surface area contributed by atoms with E-state index in [0.717, 1.165) is 25.7 Å². The summed E-state index contributed by atoms with van der Waals surface area (Å²) in [6, 6.07) is -0.146. The molecule has 0 heterocycles. The third-order valence-corrected chi connectivity index (χ3v) is 2.94. The molecule has 0 unspecified atom stereocenters. The number of carbonyl (C=O) groups excluding carboxylic acids is 1. The normalized spacial score (nSPS) is 25.1. The number of carbonyl (C=O) groups is 2. The molecule has 0 radical (unpaired) electrons. The molecular formula is C11H19NO3. The van der Waals surface area contributed by atoms with E-state index >= 15 is 0 Å². The first-order valence-corrected chi connectivity index (χ1v) is 5.67. The van der Waals surface area contributed by atoms with E-state index < -0.39 is 5.97 Å². The number of aliphatic carboxylic acids is 1. The van der Waals surface area contributed by atoms with Crippen LogP contribution in [0.4, 0.5) is 0 Å². The highest BCUT2D eigenvalue weighted by Crippen LogP contribution is 2.25. The third-order valence-electron chi connectivity index (χ3n) is 2.94. The van der Waals surface area contributed by atoms with Crippen molar-refractivity contribution in [1.82, 2.24) is 5.32 Å². The summed E-state index contributed by atoms with van der Waals surface area (Å²) < 4.78 is 0. The highest BCUT2D eigenvalue weighted by Gasteiger charge is 2.33. The summed E-state index contributed by atoms with van der Waals surface area (Å²) in [6.45, 7) is 2.03. The van der Waals surface area contributed by atoms with Gasteiger partial charge in [0.1, 0.15) is 0 Å². The molecule has 2 N–H and O–H groups in total. The van der Waals surface area contributed by atoms with Crippen LogP contribution in [0.2, 0.25) is 0 Å². The van der Waals surface area contributed by atoms with Crippen LogP contribution >= 0.6 is 0 Å². The zero-order chi connectivity index (χ0) is 11.3. The summed E-state index contributed by atoms with van der Waals surface area (Å²) in [6.07, 6.45) is 4.76. The van der Waals surface area contributed by atoms with Crippen LogP contribution < -0.4 is 5.32 Å². The summed E-state index contributed by atoms with van der Waals surface area (Å²) >= 11 is 0. The Morgan fingerprint density at radius 2 is 2.13 bits per heavy atom. The lowest BCUT2D eigenvalue weighted by molar-refractivity contribution is -0.142. The molecule has 15 heavy (non-hydrogen) atoms. The molecule has 4 heteroatoms. The van der Waals surface area contributed by atoms with Gasteiger partial charge in [-0.2, -0.15) is 0 Å². The monoisotopic (exact) mass is 213 g/mol. The molecule has 0 aliphatic heterocycles. The average Bonchev–Trinajstić information content (AvgIpc) is 2.62. The Kier molecular flexibility index (Phi) is 4.59. The van der Waals surface area contributed by atoms with Crippen molar-refractivity contribution >= 4 is 11.9 Å². The first-order valence-electron chi connectivity index (χ1n) is 5.67. The SMILES string of the molecule is CCCCC(=O)N[C@@H]1CCC[C@@H]1C(=O)O. The van der Waals surface area contributed by atoms with Crippen LogP contribution in [0.5, 0.6) is 0 Å². The predicted molar refractivity (Wildman–Crippen MR) is 56.4 cm³/mol. The molecule has 0 aromatic rings. The van der Waals surface area contributed by atoms with Crippen LogP contribution in [0, 0.1) is 5.92 Å². The van der Waals surface area contributed by atoms with Crippen molar-refractivity contribution in [3.8, 4) is 0 Å². The minimum Gasteiger partial charge on any atom is -0.481 e. The van der Waals surface area contributed by atoms with Crippen molar-refractivity contribution in [1.29, 1.82) is 0 Å². The second-order valence-electron chi connectivity index (χ2n) is 4.15. The lowest BCUT2D eigenvalue weighted by atomic mass is 10.0. The van der Waals surface area contributed by atoms with Gasteiger partial charge in [-0.1, -0.05) is 19.8 Å². The number of carboxylic acids is 1. The molecule has 0 aromatic heterocycles. The van der Waals surface area contributed by atoms with Crippen LogP contribution in [-0.4, -0.2) is 23.0 Å². The van der Waals surface area contributed by atoms with E-state index in [1.807, 2.05) is 6.92 Å². The molecule has 1 amide bonds. The van der Waals surface area contributed by atoms with E-state index in [0.29, 0.717) is 12.8 Å². The zero-order valence-electron chi connectivity index (χ0n) is 9.16. The summed E-state index contributed by atoms with van der Waals surface area (Å²) in [5.41, 5.74) is 0. The van der Waals surface area contributed by atoms with Gasteiger partial charge < -0.3 is 10.4 Å². The molecule has 1 saturated carbocycles. The number of amides is 1. The molecule has 0 bridgehead atoms. The maximum atomic E-state index is 11.4. The highest BCUT2D eigenvalue weighted by molar-refractivity contribution is 5.78. The number of rotatable bonds is 5. The zero-order valence-corrected chi connectivity index (χ0v) is 9.16. The van der Waals surface area contributed by atoms with Crippen LogP contribution in [0.1, 0.15) is 45.4 Å². The molecule has 1 rings (SSSR count). The molecule has 1 fully saturated rings. The van der Waals surface area contributed by atoms with Gasteiger partial charge >= 0.3 is 5.97 Å². The highest BCUT2D eigenvalue weighted by atomic mass is 16.4. The smallest absolute Gasteiger partial charge is 0.308 e.